The Labute approximate surface area is 128 Å². The lowest BCUT2D eigenvalue weighted by molar-refractivity contribution is -0.125. The zero-order chi connectivity index (χ0) is 15.5. The number of hydrogen-bond acceptors (Lipinski definition) is 4. The summed E-state index contributed by atoms with van der Waals surface area (Å²) in [5.41, 5.74) is -0.291. The second kappa shape index (κ2) is 6.26. The molecule has 1 aromatic carbocycles. The Kier molecular flexibility index (Phi) is 4.63. The van der Waals surface area contributed by atoms with Crippen molar-refractivity contribution in [2.45, 2.75) is 32.7 Å². The number of nitrogens with one attached hydrogen (secondary N) is 1. The molecule has 2 rings (SSSR count). The third-order valence-corrected chi connectivity index (χ3v) is 4.42. The summed E-state index contributed by atoms with van der Waals surface area (Å²) in [6.45, 7) is 5.59. The highest BCUT2D eigenvalue weighted by Crippen LogP contribution is 2.25. The van der Waals surface area contributed by atoms with Gasteiger partial charge in [-0.3, -0.25) is 4.79 Å². The minimum absolute atomic E-state index is 0.253. The molecule has 0 radical (unpaired) electrons. The topological polar surface area (TPSA) is 55.4 Å². The standard InChI is InChI=1S/C16H19NO3S/c1-4-16(2,3)17-14(18)10-20-15(19)13-9-11-7-5-6-8-12(11)21-13/h5-9H,4,10H2,1-3H3,(H,17,18). The fraction of sp³-hybridized carbons (Fsp3) is 0.375. The highest BCUT2D eigenvalue weighted by atomic mass is 32.1. The molecule has 0 bridgehead atoms. The van der Waals surface area contributed by atoms with Crippen LogP contribution in [-0.2, 0) is 9.53 Å². The van der Waals surface area contributed by atoms with E-state index in [1.165, 1.54) is 11.3 Å². The molecule has 0 aliphatic carbocycles. The highest BCUT2D eigenvalue weighted by Gasteiger charge is 2.19. The van der Waals surface area contributed by atoms with Crippen molar-refractivity contribution in [3.05, 3.63) is 35.2 Å². The number of fused-ring (bicyclic) bond motifs is 1. The Morgan fingerprint density at radius 3 is 2.67 bits per heavy atom. The number of hydrogen-bond donors (Lipinski definition) is 1. The van der Waals surface area contributed by atoms with E-state index >= 15 is 0 Å². The Hall–Kier alpha value is -1.88. The van der Waals surface area contributed by atoms with E-state index in [4.69, 9.17) is 4.74 Å². The Balaban J connectivity index is 1.94. The first-order chi connectivity index (χ1) is 9.91. The average molecular weight is 305 g/mol. The third kappa shape index (κ3) is 4.04. The summed E-state index contributed by atoms with van der Waals surface area (Å²) in [7, 11) is 0. The molecule has 4 nitrogen and oxygen atoms in total. The highest BCUT2D eigenvalue weighted by molar-refractivity contribution is 7.20. The number of thiophene rings is 1. The van der Waals surface area contributed by atoms with Crippen molar-refractivity contribution < 1.29 is 14.3 Å². The van der Waals surface area contributed by atoms with E-state index in [1.54, 1.807) is 6.07 Å². The molecule has 0 aliphatic heterocycles. The molecule has 21 heavy (non-hydrogen) atoms. The Bertz CT molecular complexity index is 627. The largest absolute Gasteiger partial charge is 0.451 e. The SMILES string of the molecule is CCC(C)(C)NC(=O)COC(=O)c1cc2ccccc2s1. The van der Waals surface area contributed by atoms with Crippen LogP contribution in [0.3, 0.4) is 0 Å². The normalized spacial score (nSPS) is 11.4. The Morgan fingerprint density at radius 1 is 1.29 bits per heavy atom. The molecular weight excluding hydrogens is 286 g/mol. The summed E-state index contributed by atoms with van der Waals surface area (Å²) >= 11 is 1.37. The van der Waals surface area contributed by atoms with Gasteiger partial charge in [-0.15, -0.1) is 11.3 Å². The van der Waals surface area contributed by atoms with Gasteiger partial charge >= 0.3 is 5.97 Å². The predicted molar refractivity (Wildman–Crippen MR) is 84.6 cm³/mol. The van der Waals surface area contributed by atoms with E-state index in [9.17, 15) is 9.59 Å². The van der Waals surface area contributed by atoms with Gasteiger partial charge in [0.15, 0.2) is 6.61 Å². The van der Waals surface area contributed by atoms with E-state index in [2.05, 4.69) is 5.32 Å². The molecule has 0 spiro atoms. The van der Waals surface area contributed by atoms with Crippen molar-refractivity contribution in [3.63, 3.8) is 0 Å². The van der Waals surface area contributed by atoms with Crippen LogP contribution in [0.1, 0.15) is 36.9 Å². The molecular formula is C16H19NO3S. The maximum absolute atomic E-state index is 12.0. The van der Waals surface area contributed by atoms with Crippen molar-refractivity contribution >= 4 is 33.3 Å². The van der Waals surface area contributed by atoms with E-state index in [0.717, 1.165) is 16.5 Å². The van der Waals surface area contributed by atoms with Gasteiger partial charge in [0.2, 0.25) is 0 Å². The van der Waals surface area contributed by atoms with E-state index in [-0.39, 0.29) is 18.1 Å². The average Bonchev–Trinajstić information content (AvgIpc) is 2.88. The van der Waals surface area contributed by atoms with Crippen LogP contribution < -0.4 is 5.32 Å². The van der Waals surface area contributed by atoms with Crippen molar-refractivity contribution in [3.8, 4) is 0 Å². The molecule has 0 unspecified atom stereocenters. The minimum atomic E-state index is -0.458. The smallest absolute Gasteiger partial charge is 0.348 e. The van der Waals surface area contributed by atoms with Crippen LogP contribution in [0.4, 0.5) is 0 Å². The van der Waals surface area contributed by atoms with Crippen LogP contribution >= 0.6 is 11.3 Å². The number of esters is 1. The van der Waals surface area contributed by atoms with Gasteiger partial charge in [-0.2, -0.15) is 0 Å². The molecule has 1 amide bonds. The number of ether oxygens (including phenoxy) is 1. The quantitative estimate of drug-likeness (QED) is 0.862. The van der Waals surface area contributed by atoms with Gasteiger partial charge < -0.3 is 10.1 Å². The van der Waals surface area contributed by atoms with E-state index in [1.807, 2.05) is 45.0 Å². The van der Waals surface area contributed by atoms with Crippen LogP contribution in [0.5, 0.6) is 0 Å². The summed E-state index contributed by atoms with van der Waals surface area (Å²) in [5.74, 6) is -0.739. The van der Waals surface area contributed by atoms with Gasteiger partial charge in [0, 0.05) is 10.2 Å². The first kappa shape index (κ1) is 15.5. The van der Waals surface area contributed by atoms with Crippen LogP contribution in [0.15, 0.2) is 30.3 Å². The molecule has 0 fully saturated rings. The zero-order valence-electron chi connectivity index (χ0n) is 12.4. The summed E-state index contributed by atoms with van der Waals surface area (Å²) in [4.78, 5) is 24.2. The second-order valence-electron chi connectivity index (χ2n) is 5.51. The van der Waals surface area contributed by atoms with Gasteiger partial charge in [0.25, 0.3) is 5.91 Å². The fourth-order valence-corrected chi connectivity index (χ4v) is 2.74. The molecule has 0 aliphatic rings. The first-order valence-electron chi connectivity index (χ1n) is 6.88. The summed E-state index contributed by atoms with van der Waals surface area (Å²) in [6, 6.07) is 9.53. The lowest BCUT2D eigenvalue weighted by atomic mass is 10.0. The Morgan fingerprint density at radius 2 is 2.00 bits per heavy atom. The minimum Gasteiger partial charge on any atom is -0.451 e. The lowest BCUT2D eigenvalue weighted by Gasteiger charge is -2.24. The molecule has 0 atom stereocenters. The van der Waals surface area contributed by atoms with Gasteiger partial charge in [-0.1, -0.05) is 25.1 Å². The number of rotatable bonds is 5. The van der Waals surface area contributed by atoms with Gasteiger partial charge in [0.1, 0.15) is 4.88 Å². The van der Waals surface area contributed by atoms with Gasteiger partial charge in [0.05, 0.1) is 0 Å². The van der Waals surface area contributed by atoms with Crippen molar-refractivity contribution in [1.82, 2.24) is 5.32 Å². The number of amides is 1. The van der Waals surface area contributed by atoms with Gasteiger partial charge in [-0.05, 0) is 37.8 Å². The number of benzene rings is 1. The third-order valence-electron chi connectivity index (χ3n) is 3.32. The van der Waals surface area contributed by atoms with E-state index < -0.39 is 5.97 Å². The van der Waals surface area contributed by atoms with Crippen LogP contribution in [0, 0.1) is 0 Å². The molecule has 1 heterocycles. The zero-order valence-corrected chi connectivity index (χ0v) is 13.3. The molecule has 1 N–H and O–H groups in total. The maximum Gasteiger partial charge on any atom is 0.348 e. The van der Waals surface area contributed by atoms with Crippen molar-refractivity contribution in [1.29, 1.82) is 0 Å². The van der Waals surface area contributed by atoms with Crippen LogP contribution in [0.25, 0.3) is 10.1 Å². The molecule has 5 heteroatoms. The van der Waals surface area contributed by atoms with Crippen LogP contribution in [-0.4, -0.2) is 24.0 Å². The maximum atomic E-state index is 12.0. The second-order valence-corrected chi connectivity index (χ2v) is 6.59. The molecule has 0 saturated carbocycles. The van der Waals surface area contributed by atoms with E-state index in [0.29, 0.717) is 4.88 Å². The fourth-order valence-electron chi connectivity index (χ4n) is 1.79. The summed E-state index contributed by atoms with van der Waals surface area (Å²) < 4.78 is 6.10. The summed E-state index contributed by atoms with van der Waals surface area (Å²) in [5, 5.41) is 3.83. The van der Waals surface area contributed by atoms with Crippen LogP contribution in [0.2, 0.25) is 0 Å². The number of carbonyl (C=O) groups excluding carboxylic acids is 2. The molecule has 1 aromatic heterocycles. The summed E-state index contributed by atoms with van der Waals surface area (Å²) in [6.07, 6.45) is 0.809. The monoisotopic (exact) mass is 305 g/mol. The lowest BCUT2D eigenvalue weighted by Crippen LogP contribution is -2.44. The molecule has 2 aromatic rings. The van der Waals surface area contributed by atoms with Crippen molar-refractivity contribution in [2.24, 2.45) is 0 Å². The number of carbonyl (C=O) groups is 2. The predicted octanol–water partition coefficient (Wildman–Crippen LogP) is 3.36. The van der Waals surface area contributed by atoms with Gasteiger partial charge in [-0.25, -0.2) is 4.79 Å². The molecule has 0 saturated heterocycles. The first-order valence-corrected chi connectivity index (χ1v) is 7.69. The molecule has 112 valence electrons. The van der Waals surface area contributed by atoms with Crippen molar-refractivity contribution in [2.75, 3.05) is 6.61 Å².